The number of hydrogen-bond acceptors (Lipinski definition) is 2. The molecule has 0 unspecified atom stereocenters. The lowest BCUT2D eigenvalue weighted by Gasteiger charge is -2.26. The fourth-order valence-corrected chi connectivity index (χ4v) is 4.75. The lowest BCUT2D eigenvalue weighted by atomic mass is 9.78. The van der Waals surface area contributed by atoms with Gasteiger partial charge in [0.25, 0.3) is 0 Å². The third-order valence-electron chi connectivity index (χ3n) is 6.62. The number of fused-ring (bicyclic) bond motifs is 5. The number of para-hydroxylation sites is 1. The lowest BCUT2D eigenvalue weighted by molar-refractivity contribution is 0.640. The van der Waals surface area contributed by atoms with Crippen molar-refractivity contribution in [1.29, 1.82) is 0 Å². The van der Waals surface area contributed by atoms with Crippen molar-refractivity contribution in [3.8, 4) is 11.3 Å². The van der Waals surface area contributed by atoms with Gasteiger partial charge in [0.15, 0.2) is 0 Å². The van der Waals surface area contributed by atoms with Crippen LogP contribution in [-0.2, 0) is 5.41 Å². The molecule has 2 heterocycles. The monoisotopic (exact) mass is 413 g/mol. The van der Waals surface area contributed by atoms with Gasteiger partial charge in [0.2, 0.25) is 0 Å². The standard InChI is InChI=1S/C30H23NO/c1-30(2,21-11-4-3-5-12-21)22-16-17-31-26(19-22)25-18-20-10-6-7-13-23(20)28-24-14-8-9-15-27(24)32-29(25)28/h3-19H,1-2H3. The highest BCUT2D eigenvalue weighted by atomic mass is 16.3. The summed E-state index contributed by atoms with van der Waals surface area (Å²) in [6, 6.07) is 34.0. The van der Waals surface area contributed by atoms with Gasteiger partial charge < -0.3 is 4.42 Å². The van der Waals surface area contributed by atoms with E-state index >= 15 is 0 Å². The van der Waals surface area contributed by atoms with Crippen LogP contribution in [0.2, 0.25) is 0 Å². The van der Waals surface area contributed by atoms with E-state index in [-0.39, 0.29) is 5.41 Å². The summed E-state index contributed by atoms with van der Waals surface area (Å²) in [6.45, 7) is 4.53. The number of aromatic nitrogens is 1. The second kappa shape index (κ2) is 7.06. The van der Waals surface area contributed by atoms with E-state index in [1.165, 1.54) is 21.9 Å². The van der Waals surface area contributed by atoms with Crippen molar-refractivity contribution in [1.82, 2.24) is 4.98 Å². The van der Waals surface area contributed by atoms with Crippen LogP contribution in [0.5, 0.6) is 0 Å². The molecular formula is C30H23NO. The van der Waals surface area contributed by atoms with E-state index in [0.717, 1.165) is 33.2 Å². The first-order chi connectivity index (χ1) is 15.6. The summed E-state index contributed by atoms with van der Waals surface area (Å²) >= 11 is 0. The van der Waals surface area contributed by atoms with Crippen LogP contribution in [0.15, 0.2) is 108 Å². The van der Waals surface area contributed by atoms with E-state index in [4.69, 9.17) is 9.40 Å². The van der Waals surface area contributed by atoms with Gasteiger partial charge in [0, 0.05) is 27.9 Å². The zero-order valence-electron chi connectivity index (χ0n) is 18.2. The van der Waals surface area contributed by atoms with E-state index in [2.05, 4.69) is 98.8 Å². The third kappa shape index (κ3) is 2.84. The SMILES string of the molecule is CC(C)(c1ccccc1)c1ccnc(-c2cc3ccccc3c3c2oc2ccccc23)c1. The zero-order chi connectivity index (χ0) is 21.7. The van der Waals surface area contributed by atoms with Crippen LogP contribution < -0.4 is 0 Å². The fraction of sp³-hybridized carbons (Fsp3) is 0.100. The normalized spacial score (nSPS) is 12.1. The molecule has 2 nitrogen and oxygen atoms in total. The minimum absolute atomic E-state index is 0.136. The Morgan fingerprint density at radius 1 is 0.688 bits per heavy atom. The molecule has 6 aromatic rings. The zero-order valence-corrected chi connectivity index (χ0v) is 18.2. The molecule has 0 aliphatic heterocycles. The molecule has 6 rings (SSSR count). The Morgan fingerprint density at radius 3 is 2.25 bits per heavy atom. The molecule has 0 amide bonds. The summed E-state index contributed by atoms with van der Waals surface area (Å²) in [7, 11) is 0. The molecule has 2 aromatic heterocycles. The first kappa shape index (κ1) is 18.8. The Bertz CT molecular complexity index is 1590. The van der Waals surface area contributed by atoms with E-state index in [1.54, 1.807) is 0 Å². The summed E-state index contributed by atoms with van der Waals surface area (Å²) in [5.74, 6) is 0. The molecule has 0 N–H and O–H groups in total. The van der Waals surface area contributed by atoms with E-state index in [0.29, 0.717) is 0 Å². The maximum atomic E-state index is 6.42. The highest BCUT2D eigenvalue weighted by Crippen LogP contribution is 2.41. The van der Waals surface area contributed by atoms with Crippen LogP contribution in [0.25, 0.3) is 44.0 Å². The number of pyridine rings is 1. The van der Waals surface area contributed by atoms with Crippen molar-refractivity contribution in [2.24, 2.45) is 0 Å². The molecule has 0 radical (unpaired) electrons. The average Bonchev–Trinajstić information content (AvgIpc) is 3.24. The highest BCUT2D eigenvalue weighted by molar-refractivity contribution is 6.22. The second-order valence-electron chi connectivity index (χ2n) is 8.87. The lowest BCUT2D eigenvalue weighted by Crippen LogP contribution is -2.18. The number of rotatable bonds is 3. The molecule has 32 heavy (non-hydrogen) atoms. The number of benzene rings is 4. The van der Waals surface area contributed by atoms with Crippen LogP contribution in [0.4, 0.5) is 0 Å². The van der Waals surface area contributed by atoms with Gasteiger partial charge in [-0.15, -0.1) is 0 Å². The molecule has 154 valence electrons. The predicted octanol–water partition coefficient (Wildman–Crippen LogP) is 8.13. The molecule has 4 aromatic carbocycles. The minimum Gasteiger partial charge on any atom is -0.455 e. The van der Waals surface area contributed by atoms with Crippen molar-refractivity contribution in [3.05, 3.63) is 114 Å². The van der Waals surface area contributed by atoms with Crippen molar-refractivity contribution >= 4 is 32.7 Å². The Hall–Kier alpha value is -3.91. The highest BCUT2D eigenvalue weighted by Gasteiger charge is 2.24. The first-order valence-electron chi connectivity index (χ1n) is 11.0. The van der Waals surface area contributed by atoms with Crippen LogP contribution in [-0.4, -0.2) is 4.98 Å². The van der Waals surface area contributed by atoms with E-state index in [9.17, 15) is 0 Å². The van der Waals surface area contributed by atoms with Crippen molar-refractivity contribution in [2.45, 2.75) is 19.3 Å². The third-order valence-corrected chi connectivity index (χ3v) is 6.62. The second-order valence-corrected chi connectivity index (χ2v) is 8.87. The van der Waals surface area contributed by atoms with E-state index < -0.39 is 0 Å². The van der Waals surface area contributed by atoms with Gasteiger partial charge in [-0.2, -0.15) is 0 Å². The van der Waals surface area contributed by atoms with E-state index in [1.807, 2.05) is 18.3 Å². The molecule has 0 saturated heterocycles. The van der Waals surface area contributed by atoms with Crippen molar-refractivity contribution < 1.29 is 4.42 Å². The summed E-state index contributed by atoms with van der Waals surface area (Å²) in [5.41, 5.74) is 6.13. The fourth-order valence-electron chi connectivity index (χ4n) is 4.75. The molecule has 0 fully saturated rings. The van der Waals surface area contributed by atoms with Gasteiger partial charge >= 0.3 is 0 Å². The Labute approximate surface area is 187 Å². The summed E-state index contributed by atoms with van der Waals surface area (Å²) in [6.07, 6.45) is 1.92. The van der Waals surface area contributed by atoms with Crippen molar-refractivity contribution in [3.63, 3.8) is 0 Å². The maximum absolute atomic E-state index is 6.42. The molecule has 2 heteroatoms. The van der Waals surface area contributed by atoms with Crippen LogP contribution in [0, 0.1) is 0 Å². The Kier molecular flexibility index (Phi) is 4.16. The van der Waals surface area contributed by atoms with Gasteiger partial charge in [-0.1, -0.05) is 86.6 Å². The summed E-state index contributed by atoms with van der Waals surface area (Å²) < 4.78 is 6.42. The smallest absolute Gasteiger partial charge is 0.145 e. The number of nitrogens with zero attached hydrogens (tertiary/aromatic N) is 1. The van der Waals surface area contributed by atoms with Crippen molar-refractivity contribution in [2.75, 3.05) is 0 Å². The van der Waals surface area contributed by atoms with Gasteiger partial charge in [-0.3, -0.25) is 4.98 Å². The molecule has 0 bridgehead atoms. The summed E-state index contributed by atoms with van der Waals surface area (Å²) in [5, 5.41) is 4.69. The number of furan rings is 1. The topological polar surface area (TPSA) is 26.0 Å². The molecule has 0 atom stereocenters. The Balaban J connectivity index is 1.63. The molecule has 0 spiro atoms. The predicted molar refractivity (Wildman–Crippen MR) is 133 cm³/mol. The minimum atomic E-state index is -0.136. The Morgan fingerprint density at radius 2 is 1.41 bits per heavy atom. The van der Waals surface area contributed by atoms with Gasteiger partial charge in [0.05, 0.1) is 5.69 Å². The summed E-state index contributed by atoms with van der Waals surface area (Å²) in [4.78, 5) is 4.78. The number of hydrogen-bond donors (Lipinski definition) is 0. The first-order valence-corrected chi connectivity index (χ1v) is 11.0. The van der Waals surface area contributed by atoms with Crippen LogP contribution in [0.3, 0.4) is 0 Å². The molecule has 0 aliphatic carbocycles. The average molecular weight is 414 g/mol. The van der Waals surface area contributed by atoms with Gasteiger partial charge in [-0.25, -0.2) is 0 Å². The van der Waals surface area contributed by atoms with Crippen LogP contribution in [0.1, 0.15) is 25.0 Å². The van der Waals surface area contributed by atoms with Gasteiger partial charge in [-0.05, 0) is 46.2 Å². The quantitative estimate of drug-likeness (QED) is 0.293. The maximum Gasteiger partial charge on any atom is 0.145 e. The molecular weight excluding hydrogens is 390 g/mol. The molecule has 0 saturated carbocycles. The largest absolute Gasteiger partial charge is 0.455 e. The van der Waals surface area contributed by atoms with Crippen LogP contribution >= 0.6 is 0 Å². The van der Waals surface area contributed by atoms with Gasteiger partial charge in [0.1, 0.15) is 11.2 Å². The molecule has 0 aliphatic rings.